The maximum absolute atomic E-state index is 6.06. The summed E-state index contributed by atoms with van der Waals surface area (Å²) in [5.41, 5.74) is 2.49. The van der Waals surface area contributed by atoms with Crippen LogP contribution in [0.2, 0.25) is 5.02 Å². The van der Waals surface area contributed by atoms with Crippen molar-refractivity contribution >= 4 is 17.3 Å². The first-order valence-corrected chi connectivity index (χ1v) is 7.46. The largest absolute Gasteiger partial charge is 0.382 e. The standard InChI is InChI=1S/C16H24ClN/c1-11(2)13-5-8-15(9-6-13)18-16-10-14(17)7-4-12(16)3/h4,7,10-11,13,15,18H,5-6,8-9H2,1-3H3. The molecule has 2 heteroatoms. The highest BCUT2D eigenvalue weighted by Gasteiger charge is 2.23. The predicted octanol–water partition coefficient (Wildman–Crippen LogP) is 5.28. The average Bonchev–Trinajstić information content (AvgIpc) is 2.34. The van der Waals surface area contributed by atoms with Crippen LogP contribution in [0.3, 0.4) is 0 Å². The van der Waals surface area contributed by atoms with E-state index in [4.69, 9.17) is 11.6 Å². The first-order valence-electron chi connectivity index (χ1n) is 7.09. The molecule has 0 unspecified atom stereocenters. The third-order valence-corrected chi connectivity index (χ3v) is 4.51. The zero-order valence-corrected chi connectivity index (χ0v) is 12.4. The lowest BCUT2D eigenvalue weighted by molar-refractivity contribution is 0.267. The minimum absolute atomic E-state index is 0.622. The molecule has 18 heavy (non-hydrogen) atoms. The molecule has 0 radical (unpaired) electrons. The summed E-state index contributed by atoms with van der Waals surface area (Å²) in [7, 11) is 0. The van der Waals surface area contributed by atoms with Gasteiger partial charge < -0.3 is 5.32 Å². The molecule has 1 N–H and O–H groups in total. The zero-order valence-electron chi connectivity index (χ0n) is 11.7. The molecule has 0 atom stereocenters. The normalized spacial score (nSPS) is 24.3. The number of halogens is 1. The molecule has 1 aromatic rings. The molecule has 1 aliphatic rings. The highest BCUT2D eigenvalue weighted by Crippen LogP contribution is 2.32. The number of anilines is 1. The van der Waals surface area contributed by atoms with Gasteiger partial charge in [0.25, 0.3) is 0 Å². The van der Waals surface area contributed by atoms with Crippen molar-refractivity contribution in [1.29, 1.82) is 0 Å². The Morgan fingerprint density at radius 2 is 1.83 bits per heavy atom. The van der Waals surface area contributed by atoms with Crippen molar-refractivity contribution < 1.29 is 0 Å². The smallest absolute Gasteiger partial charge is 0.0426 e. The van der Waals surface area contributed by atoms with Crippen LogP contribution in [0.25, 0.3) is 0 Å². The Labute approximate surface area is 116 Å². The molecule has 0 bridgehead atoms. The maximum atomic E-state index is 6.06. The Hall–Kier alpha value is -0.690. The topological polar surface area (TPSA) is 12.0 Å². The summed E-state index contributed by atoms with van der Waals surface area (Å²) in [6.45, 7) is 6.83. The first kappa shape index (κ1) is 13.7. The van der Waals surface area contributed by atoms with Crippen LogP contribution in [0.1, 0.15) is 45.1 Å². The fourth-order valence-corrected chi connectivity index (χ4v) is 3.07. The molecule has 1 nitrogen and oxygen atoms in total. The highest BCUT2D eigenvalue weighted by atomic mass is 35.5. The first-order chi connectivity index (χ1) is 8.56. The van der Waals surface area contributed by atoms with Crippen LogP contribution in [-0.2, 0) is 0 Å². The summed E-state index contributed by atoms with van der Waals surface area (Å²) >= 11 is 6.06. The third kappa shape index (κ3) is 3.41. The van der Waals surface area contributed by atoms with Crippen molar-refractivity contribution in [2.45, 2.75) is 52.5 Å². The Bertz CT molecular complexity index is 392. The van der Waals surface area contributed by atoms with E-state index in [0.29, 0.717) is 6.04 Å². The quantitative estimate of drug-likeness (QED) is 0.785. The van der Waals surface area contributed by atoms with Crippen molar-refractivity contribution in [1.82, 2.24) is 0 Å². The van der Waals surface area contributed by atoms with Crippen LogP contribution in [0.15, 0.2) is 18.2 Å². The summed E-state index contributed by atoms with van der Waals surface area (Å²) in [4.78, 5) is 0. The van der Waals surface area contributed by atoms with Crippen LogP contribution >= 0.6 is 11.6 Å². The van der Waals surface area contributed by atoms with Crippen molar-refractivity contribution in [3.8, 4) is 0 Å². The minimum atomic E-state index is 0.622. The van der Waals surface area contributed by atoms with Gasteiger partial charge >= 0.3 is 0 Å². The van der Waals surface area contributed by atoms with Gasteiger partial charge in [-0.05, 0) is 62.1 Å². The van der Waals surface area contributed by atoms with Crippen molar-refractivity contribution in [2.24, 2.45) is 11.8 Å². The van der Waals surface area contributed by atoms with Gasteiger partial charge in [-0.1, -0.05) is 31.5 Å². The molecule has 0 heterocycles. The second-order valence-corrected chi connectivity index (χ2v) is 6.40. The Morgan fingerprint density at radius 3 is 2.44 bits per heavy atom. The van der Waals surface area contributed by atoms with E-state index in [0.717, 1.165) is 16.9 Å². The lowest BCUT2D eigenvalue weighted by atomic mass is 9.79. The third-order valence-electron chi connectivity index (χ3n) is 4.27. The Kier molecular flexibility index (Phi) is 4.55. The highest BCUT2D eigenvalue weighted by molar-refractivity contribution is 6.30. The number of hydrogen-bond donors (Lipinski definition) is 1. The van der Waals surface area contributed by atoms with Crippen molar-refractivity contribution in [3.63, 3.8) is 0 Å². The van der Waals surface area contributed by atoms with E-state index in [-0.39, 0.29) is 0 Å². The molecule has 0 aromatic heterocycles. The number of nitrogens with one attached hydrogen (secondary N) is 1. The van der Waals surface area contributed by atoms with Gasteiger partial charge in [-0.3, -0.25) is 0 Å². The molecule has 0 aliphatic heterocycles. The summed E-state index contributed by atoms with van der Waals surface area (Å²) in [6, 6.07) is 6.71. The molecular weight excluding hydrogens is 242 g/mol. The molecule has 0 amide bonds. The summed E-state index contributed by atoms with van der Waals surface area (Å²) in [5.74, 6) is 1.75. The molecule has 1 aromatic carbocycles. The zero-order chi connectivity index (χ0) is 13.1. The lowest BCUT2D eigenvalue weighted by Gasteiger charge is -2.32. The second kappa shape index (κ2) is 5.97. The SMILES string of the molecule is Cc1ccc(Cl)cc1NC1CCC(C(C)C)CC1. The Morgan fingerprint density at radius 1 is 1.17 bits per heavy atom. The van der Waals surface area contributed by atoms with Crippen LogP contribution < -0.4 is 5.32 Å². The molecule has 1 aliphatic carbocycles. The summed E-state index contributed by atoms with van der Waals surface area (Å²) in [6.07, 6.45) is 5.29. The van der Waals surface area contributed by atoms with Gasteiger partial charge in [0.2, 0.25) is 0 Å². The van der Waals surface area contributed by atoms with E-state index in [9.17, 15) is 0 Å². The van der Waals surface area contributed by atoms with E-state index in [2.05, 4.69) is 32.2 Å². The van der Waals surface area contributed by atoms with Gasteiger partial charge in [0.15, 0.2) is 0 Å². The predicted molar refractivity (Wildman–Crippen MR) is 80.4 cm³/mol. The van der Waals surface area contributed by atoms with E-state index in [1.807, 2.05) is 12.1 Å². The molecule has 0 saturated heterocycles. The van der Waals surface area contributed by atoms with E-state index < -0.39 is 0 Å². The van der Waals surface area contributed by atoms with E-state index >= 15 is 0 Å². The van der Waals surface area contributed by atoms with Crippen LogP contribution in [0.5, 0.6) is 0 Å². The molecule has 100 valence electrons. The molecule has 1 fully saturated rings. The number of benzene rings is 1. The molecular formula is C16H24ClN. The number of aryl methyl sites for hydroxylation is 1. The van der Waals surface area contributed by atoms with Gasteiger partial charge in [0.05, 0.1) is 0 Å². The Balaban J connectivity index is 1.93. The van der Waals surface area contributed by atoms with Crippen molar-refractivity contribution in [3.05, 3.63) is 28.8 Å². The fraction of sp³-hybridized carbons (Fsp3) is 0.625. The van der Waals surface area contributed by atoms with E-state index in [1.165, 1.54) is 36.9 Å². The number of hydrogen-bond acceptors (Lipinski definition) is 1. The minimum Gasteiger partial charge on any atom is -0.382 e. The van der Waals surface area contributed by atoms with Crippen LogP contribution in [0.4, 0.5) is 5.69 Å². The molecule has 0 spiro atoms. The van der Waals surface area contributed by atoms with Gasteiger partial charge in [-0.25, -0.2) is 0 Å². The molecule has 1 saturated carbocycles. The second-order valence-electron chi connectivity index (χ2n) is 5.96. The summed E-state index contributed by atoms with van der Waals surface area (Å²) < 4.78 is 0. The van der Waals surface area contributed by atoms with Gasteiger partial charge in [-0.2, -0.15) is 0 Å². The lowest BCUT2D eigenvalue weighted by Crippen LogP contribution is -2.28. The van der Waals surface area contributed by atoms with Crippen molar-refractivity contribution in [2.75, 3.05) is 5.32 Å². The monoisotopic (exact) mass is 265 g/mol. The maximum Gasteiger partial charge on any atom is 0.0426 e. The van der Waals surface area contributed by atoms with Gasteiger partial charge in [0, 0.05) is 16.8 Å². The fourth-order valence-electron chi connectivity index (χ4n) is 2.90. The molecule has 2 rings (SSSR count). The van der Waals surface area contributed by atoms with Crippen LogP contribution in [-0.4, -0.2) is 6.04 Å². The average molecular weight is 266 g/mol. The van der Waals surface area contributed by atoms with Crippen LogP contribution in [0, 0.1) is 18.8 Å². The summed E-state index contributed by atoms with van der Waals surface area (Å²) in [5, 5.41) is 4.48. The van der Waals surface area contributed by atoms with Gasteiger partial charge in [-0.15, -0.1) is 0 Å². The van der Waals surface area contributed by atoms with Gasteiger partial charge in [0.1, 0.15) is 0 Å². The number of rotatable bonds is 3. The van der Waals surface area contributed by atoms with E-state index in [1.54, 1.807) is 0 Å².